The summed E-state index contributed by atoms with van der Waals surface area (Å²) in [7, 11) is 0. The Morgan fingerprint density at radius 2 is 1.44 bits per heavy atom. The second-order valence-electron chi connectivity index (χ2n) is 4.52. The predicted molar refractivity (Wildman–Crippen MR) is 82.9 cm³/mol. The first kappa shape index (κ1) is 10.6. The van der Waals surface area contributed by atoms with Gasteiger partial charge in [-0.3, -0.25) is 0 Å². The summed E-state index contributed by atoms with van der Waals surface area (Å²) >= 11 is 9.96. The molecule has 4 rings (SSSR count). The third kappa shape index (κ3) is 1.26. The number of halogens is 2. The van der Waals surface area contributed by atoms with Gasteiger partial charge in [0.05, 0.1) is 0 Å². The summed E-state index contributed by atoms with van der Waals surface area (Å²) in [6.07, 6.45) is 0. The van der Waals surface area contributed by atoms with Crippen LogP contribution in [-0.2, 0) is 0 Å². The largest absolute Gasteiger partial charge is 0.0836 e. The molecule has 0 fully saturated rings. The van der Waals surface area contributed by atoms with Crippen LogP contribution in [0.25, 0.3) is 32.3 Å². The Hall–Kier alpha value is -1.31. The topological polar surface area (TPSA) is 0 Å². The quantitative estimate of drug-likeness (QED) is 0.349. The minimum Gasteiger partial charge on any atom is -0.0836 e. The first-order valence-electron chi connectivity index (χ1n) is 5.77. The summed E-state index contributed by atoms with van der Waals surface area (Å²) < 4.78 is 1.05. The molecule has 18 heavy (non-hydrogen) atoms. The van der Waals surface area contributed by atoms with Crippen molar-refractivity contribution in [2.24, 2.45) is 0 Å². The van der Waals surface area contributed by atoms with Gasteiger partial charge in [0.15, 0.2) is 0 Å². The number of rotatable bonds is 0. The van der Waals surface area contributed by atoms with Gasteiger partial charge >= 0.3 is 0 Å². The van der Waals surface area contributed by atoms with E-state index in [1.54, 1.807) is 0 Å². The molecule has 0 aliphatic carbocycles. The Labute approximate surface area is 118 Å². The highest BCUT2D eigenvalue weighted by Gasteiger charge is 2.11. The van der Waals surface area contributed by atoms with Crippen LogP contribution in [0.4, 0.5) is 0 Å². The summed E-state index contributed by atoms with van der Waals surface area (Å²) in [6, 6.07) is 16.9. The van der Waals surface area contributed by atoms with Crippen LogP contribution >= 0.6 is 27.5 Å². The van der Waals surface area contributed by atoms with Gasteiger partial charge in [-0.05, 0) is 33.0 Å². The third-order valence-electron chi connectivity index (χ3n) is 3.54. The SMILES string of the molecule is Clc1cc(Br)c2ccc3cccc4ccc1c2c43. The first-order valence-corrected chi connectivity index (χ1v) is 6.94. The summed E-state index contributed by atoms with van der Waals surface area (Å²) in [5.41, 5.74) is 0. The van der Waals surface area contributed by atoms with Crippen LogP contribution < -0.4 is 0 Å². The van der Waals surface area contributed by atoms with Crippen molar-refractivity contribution in [3.05, 3.63) is 58.0 Å². The van der Waals surface area contributed by atoms with E-state index in [4.69, 9.17) is 11.6 Å². The maximum Gasteiger partial charge on any atom is 0.0496 e. The Bertz CT molecular complexity index is 829. The molecule has 0 aliphatic heterocycles. The Kier molecular flexibility index (Phi) is 2.12. The zero-order valence-electron chi connectivity index (χ0n) is 9.37. The summed E-state index contributed by atoms with van der Waals surface area (Å²) in [5.74, 6) is 0. The van der Waals surface area contributed by atoms with Crippen molar-refractivity contribution in [2.75, 3.05) is 0 Å². The van der Waals surface area contributed by atoms with Crippen LogP contribution in [0.15, 0.2) is 53.0 Å². The zero-order valence-corrected chi connectivity index (χ0v) is 11.7. The monoisotopic (exact) mass is 314 g/mol. The fourth-order valence-corrected chi connectivity index (χ4v) is 3.71. The number of benzene rings is 4. The molecule has 0 saturated carbocycles. The minimum absolute atomic E-state index is 0.799. The molecule has 0 amide bonds. The van der Waals surface area contributed by atoms with Gasteiger partial charge in [-0.1, -0.05) is 70.0 Å². The maximum atomic E-state index is 6.36. The summed E-state index contributed by atoms with van der Waals surface area (Å²) in [4.78, 5) is 0. The number of hydrogen-bond acceptors (Lipinski definition) is 0. The lowest BCUT2D eigenvalue weighted by Crippen LogP contribution is -1.85. The zero-order chi connectivity index (χ0) is 12.3. The van der Waals surface area contributed by atoms with E-state index in [9.17, 15) is 0 Å². The highest BCUT2D eigenvalue weighted by atomic mass is 79.9. The molecule has 0 unspecified atom stereocenters. The van der Waals surface area contributed by atoms with E-state index in [2.05, 4.69) is 58.4 Å². The molecule has 0 N–H and O–H groups in total. The van der Waals surface area contributed by atoms with Gasteiger partial charge in [-0.15, -0.1) is 0 Å². The van der Waals surface area contributed by atoms with Crippen LogP contribution in [0.2, 0.25) is 5.02 Å². The van der Waals surface area contributed by atoms with Gasteiger partial charge in [0.2, 0.25) is 0 Å². The minimum atomic E-state index is 0.799. The Balaban J connectivity index is 2.48. The Morgan fingerprint density at radius 1 is 0.778 bits per heavy atom. The van der Waals surface area contributed by atoms with Crippen LogP contribution in [0, 0.1) is 0 Å². The molecular weight excluding hydrogens is 308 g/mol. The highest BCUT2D eigenvalue weighted by molar-refractivity contribution is 9.10. The molecule has 0 spiro atoms. The molecule has 0 nitrogen and oxygen atoms in total. The van der Waals surface area contributed by atoms with Gasteiger partial charge in [0.25, 0.3) is 0 Å². The third-order valence-corrected chi connectivity index (χ3v) is 4.51. The van der Waals surface area contributed by atoms with Crippen molar-refractivity contribution >= 4 is 59.8 Å². The Morgan fingerprint density at radius 3 is 2.17 bits per heavy atom. The average molecular weight is 316 g/mol. The smallest absolute Gasteiger partial charge is 0.0496 e. The summed E-state index contributed by atoms with van der Waals surface area (Å²) in [5, 5.41) is 8.23. The van der Waals surface area contributed by atoms with Crippen LogP contribution in [0.5, 0.6) is 0 Å². The molecule has 2 heteroatoms. The van der Waals surface area contributed by atoms with E-state index in [0.29, 0.717) is 0 Å². The van der Waals surface area contributed by atoms with Crippen LogP contribution in [0.1, 0.15) is 0 Å². The van der Waals surface area contributed by atoms with Crippen molar-refractivity contribution in [3.8, 4) is 0 Å². The lowest BCUT2D eigenvalue weighted by molar-refractivity contribution is 1.74. The van der Waals surface area contributed by atoms with E-state index in [1.807, 2.05) is 6.07 Å². The molecule has 0 aromatic heterocycles. The fraction of sp³-hybridized carbons (Fsp3) is 0. The fourth-order valence-electron chi connectivity index (χ4n) is 2.75. The standard InChI is InChI=1S/C16H8BrCl/c17-13-8-14(18)12-7-5-10-3-1-2-9-4-6-11(13)16(12)15(9)10/h1-8H. The molecule has 0 bridgehead atoms. The van der Waals surface area contributed by atoms with E-state index < -0.39 is 0 Å². The highest BCUT2D eigenvalue weighted by Crippen LogP contribution is 2.40. The van der Waals surface area contributed by atoms with Gasteiger partial charge in [0.1, 0.15) is 0 Å². The van der Waals surface area contributed by atoms with Crippen molar-refractivity contribution in [1.29, 1.82) is 0 Å². The van der Waals surface area contributed by atoms with Crippen molar-refractivity contribution in [2.45, 2.75) is 0 Å². The molecule has 86 valence electrons. The molecular formula is C16H8BrCl. The maximum absolute atomic E-state index is 6.36. The van der Waals surface area contributed by atoms with Gasteiger partial charge < -0.3 is 0 Å². The van der Waals surface area contributed by atoms with Gasteiger partial charge in [0, 0.05) is 14.9 Å². The lowest BCUT2D eigenvalue weighted by Gasteiger charge is -2.12. The number of hydrogen-bond donors (Lipinski definition) is 0. The van der Waals surface area contributed by atoms with Crippen molar-refractivity contribution < 1.29 is 0 Å². The van der Waals surface area contributed by atoms with E-state index in [0.717, 1.165) is 14.9 Å². The normalized spacial score (nSPS) is 11.9. The molecule has 0 aliphatic rings. The first-order chi connectivity index (χ1) is 8.75. The van der Waals surface area contributed by atoms with E-state index >= 15 is 0 Å². The second kappa shape index (κ2) is 3.59. The van der Waals surface area contributed by atoms with E-state index in [1.165, 1.54) is 26.9 Å². The average Bonchev–Trinajstić information content (AvgIpc) is 2.38. The van der Waals surface area contributed by atoms with E-state index in [-0.39, 0.29) is 0 Å². The lowest BCUT2D eigenvalue weighted by atomic mass is 9.94. The molecule has 4 aromatic rings. The van der Waals surface area contributed by atoms with Crippen LogP contribution in [0.3, 0.4) is 0 Å². The molecule has 0 atom stereocenters. The second-order valence-corrected chi connectivity index (χ2v) is 5.78. The van der Waals surface area contributed by atoms with Crippen molar-refractivity contribution in [1.82, 2.24) is 0 Å². The summed E-state index contributed by atoms with van der Waals surface area (Å²) in [6.45, 7) is 0. The molecule has 0 heterocycles. The van der Waals surface area contributed by atoms with Gasteiger partial charge in [-0.25, -0.2) is 0 Å². The molecule has 4 aromatic carbocycles. The van der Waals surface area contributed by atoms with Gasteiger partial charge in [-0.2, -0.15) is 0 Å². The van der Waals surface area contributed by atoms with Crippen LogP contribution in [-0.4, -0.2) is 0 Å². The molecule has 0 radical (unpaired) electrons. The molecule has 0 saturated heterocycles. The van der Waals surface area contributed by atoms with Crippen molar-refractivity contribution in [3.63, 3.8) is 0 Å². The predicted octanol–water partition coefficient (Wildman–Crippen LogP) is 6.00.